The molecule has 1 aromatic heterocycles. The van der Waals surface area contributed by atoms with Gasteiger partial charge in [0, 0.05) is 56.7 Å². The van der Waals surface area contributed by atoms with E-state index in [0.29, 0.717) is 31.1 Å². The van der Waals surface area contributed by atoms with Crippen LogP contribution in [0.5, 0.6) is 0 Å². The first kappa shape index (κ1) is 19.4. The quantitative estimate of drug-likeness (QED) is 0.792. The molecular weight excluding hydrogens is 356 g/mol. The molecule has 2 saturated heterocycles. The Morgan fingerprint density at radius 2 is 2.07 bits per heavy atom. The van der Waals surface area contributed by atoms with Crippen LogP contribution >= 0.6 is 0 Å². The predicted octanol–water partition coefficient (Wildman–Crippen LogP) is 2.35. The molecule has 0 bridgehead atoms. The summed E-state index contributed by atoms with van der Waals surface area (Å²) in [6, 6.07) is 1.77. The maximum Gasteiger partial charge on any atom is 0.276 e. The SMILES string of the molecule is CC(C)c1cc(C(=O)N2CCN(C)C3(CCC(=O)N(CC4CC4)CC3)C2)no1. The van der Waals surface area contributed by atoms with Gasteiger partial charge in [-0.25, -0.2) is 0 Å². The van der Waals surface area contributed by atoms with E-state index < -0.39 is 0 Å². The summed E-state index contributed by atoms with van der Waals surface area (Å²) in [5, 5.41) is 4.01. The van der Waals surface area contributed by atoms with Crippen LogP contribution in [0.15, 0.2) is 10.6 Å². The van der Waals surface area contributed by atoms with Gasteiger partial charge < -0.3 is 14.3 Å². The lowest BCUT2D eigenvalue weighted by Crippen LogP contribution is -2.62. The number of hydrogen-bond donors (Lipinski definition) is 0. The number of rotatable bonds is 4. The normalized spacial score (nSPS) is 26.9. The summed E-state index contributed by atoms with van der Waals surface area (Å²) in [5.41, 5.74) is 0.260. The lowest BCUT2D eigenvalue weighted by molar-refractivity contribution is -0.130. The first-order valence-electron chi connectivity index (χ1n) is 10.6. The van der Waals surface area contributed by atoms with Gasteiger partial charge in [0.15, 0.2) is 5.69 Å². The van der Waals surface area contributed by atoms with Crippen LogP contribution in [0.3, 0.4) is 0 Å². The second-order valence-electron chi connectivity index (χ2n) is 9.17. The van der Waals surface area contributed by atoms with Crippen molar-refractivity contribution in [3.63, 3.8) is 0 Å². The number of carbonyl (C=O) groups excluding carboxylic acids is 2. The predicted molar refractivity (Wildman–Crippen MR) is 105 cm³/mol. The van der Waals surface area contributed by atoms with Crippen molar-refractivity contribution in [1.82, 2.24) is 19.9 Å². The molecule has 1 saturated carbocycles. The highest BCUT2D eigenvalue weighted by molar-refractivity contribution is 5.92. The number of hydrogen-bond acceptors (Lipinski definition) is 5. The van der Waals surface area contributed by atoms with Crippen LogP contribution in [0.2, 0.25) is 0 Å². The van der Waals surface area contributed by atoms with Crippen LogP contribution in [0.4, 0.5) is 0 Å². The molecule has 3 aliphatic rings. The summed E-state index contributed by atoms with van der Waals surface area (Å²) in [5.74, 6) is 1.87. The summed E-state index contributed by atoms with van der Waals surface area (Å²) in [6.07, 6.45) is 4.81. The van der Waals surface area contributed by atoms with E-state index in [4.69, 9.17) is 4.52 Å². The van der Waals surface area contributed by atoms with Gasteiger partial charge in [-0.15, -0.1) is 0 Å². The Labute approximate surface area is 167 Å². The Balaban J connectivity index is 1.47. The van der Waals surface area contributed by atoms with Crippen molar-refractivity contribution in [2.75, 3.05) is 39.8 Å². The zero-order valence-electron chi connectivity index (χ0n) is 17.3. The third-order valence-electron chi connectivity index (χ3n) is 6.78. The molecule has 0 aromatic carbocycles. The van der Waals surface area contributed by atoms with Crippen molar-refractivity contribution in [2.45, 2.75) is 57.4 Å². The molecule has 7 nitrogen and oxygen atoms in total. The molecule has 4 rings (SSSR count). The first-order valence-corrected chi connectivity index (χ1v) is 10.6. The van der Waals surface area contributed by atoms with Gasteiger partial charge in [-0.05, 0) is 38.6 Å². The molecule has 1 aromatic rings. The molecule has 154 valence electrons. The molecule has 0 radical (unpaired) electrons. The average molecular weight is 389 g/mol. The van der Waals surface area contributed by atoms with E-state index in [1.54, 1.807) is 6.07 Å². The minimum Gasteiger partial charge on any atom is -0.360 e. The van der Waals surface area contributed by atoms with E-state index in [2.05, 4.69) is 22.0 Å². The van der Waals surface area contributed by atoms with Crippen molar-refractivity contribution in [1.29, 1.82) is 0 Å². The first-order chi connectivity index (χ1) is 13.4. The fourth-order valence-electron chi connectivity index (χ4n) is 4.50. The van der Waals surface area contributed by atoms with Gasteiger partial charge in [0.1, 0.15) is 5.76 Å². The molecule has 3 heterocycles. The van der Waals surface area contributed by atoms with E-state index in [-0.39, 0.29) is 23.3 Å². The third-order valence-corrected chi connectivity index (χ3v) is 6.78. The van der Waals surface area contributed by atoms with Gasteiger partial charge in [0.25, 0.3) is 5.91 Å². The molecule has 2 aliphatic heterocycles. The zero-order chi connectivity index (χ0) is 19.9. The molecular formula is C21H32N4O3. The molecule has 28 heavy (non-hydrogen) atoms. The lowest BCUT2D eigenvalue weighted by atomic mass is 9.86. The van der Waals surface area contributed by atoms with Gasteiger partial charge in [-0.2, -0.15) is 0 Å². The van der Waals surface area contributed by atoms with Crippen LogP contribution < -0.4 is 0 Å². The maximum atomic E-state index is 13.0. The molecule has 1 unspecified atom stereocenters. The van der Waals surface area contributed by atoms with Crippen LogP contribution in [-0.2, 0) is 4.79 Å². The number of aromatic nitrogens is 1. The van der Waals surface area contributed by atoms with E-state index in [9.17, 15) is 9.59 Å². The molecule has 0 N–H and O–H groups in total. The van der Waals surface area contributed by atoms with Gasteiger partial charge in [-0.3, -0.25) is 14.5 Å². The monoisotopic (exact) mass is 388 g/mol. The van der Waals surface area contributed by atoms with Crippen LogP contribution in [-0.4, -0.2) is 77.0 Å². The fourth-order valence-corrected chi connectivity index (χ4v) is 4.50. The summed E-state index contributed by atoms with van der Waals surface area (Å²) in [6.45, 7) is 7.90. The molecule has 1 atom stereocenters. The Hall–Kier alpha value is -1.89. The summed E-state index contributed by atoms with van der Waals surface area (Å²) < 4.78 is 5.33. The van der Waals surface area contributed by atoms with Crippen LogP contribution in [0.25, 0.3) is 0 Å². The number of likely N-dealkylation sites (N-methyl/N-ethyl adjacent to an activating group) is 1. The van der Waals surface area contributed by atoms with E-state index >= 15 is 0 Å². The Morgan fingerprint density at radius 3 is 2.75 bits per heavy atom. The van der Waals surface area contributed by atoms with Gasteiger partial charge in [0.05, 0.1) is 0 Å². The van der Waals surface area contributed by atoms with Crippen LogP contribution in [0.1, 0.15) is 68.1 Å². The summed E-state index contributed by atoms with van der Waals surface area (Å²) >= 11 is 0. The number of nitrogens with zero attached hydrogens (tertiary/aromatic N) is 4. The third kappa shape index (κ3) is 3.81. The second kappa shape index (κ2) is 7.50. The largest absolute Gasteiger partial charge is 0.360 e. The fraction of sp³-hybridized carbons (Fsp3) is 0.762. The highest BCUT2D eigenvalue weighted by atomic mass is 16.5. The number of piperazine rings is 1. The summed E-state index contributed by atoms with van der Waals surface area (Å²) in [4.78, 5) is 32.0. The smallest absolute Gasteiger partial charge is 0.276 e. The lowest BCUT2D eigenvalue weighted by Gasteiger charge is -2.49. The van der Waals surface area contributed by atoms with Gasteiger partial charge in [-0.1, -0.05) is 19.0 Å². The zero-order valence-corrected chi connectivity index (χ0v) is 17.3. The molecule has 2 amide bonds. The standard InChI is InChI=1S/C21H32N4O3/c1-15(2)18-12-17(22-28-18)20(27)25-11-10-23(3)21(14-25)7-6-19(26)24(9-8-21)13-16-4-5-16/h12,15-16H,4-11,13-14H2,1-3H3. The van der Waals surface area contributed by atoms with E-state index in [0.717, 1.165) is 38.2 Å². The van der Waals surface area contributed by atoms with Crippen molar-refractivity contribution in [3.05, 3.63) is 17.5 Å². The van der Waals surface area contributed by atoms with Crippen molar-refractivity contribution in [2.24, 2.45) is 5.92 Å². The minimum atomic E-state index is -0.132. The van der Waals surface area contributed by atoms with E-state index in [1.807, 2.05) is 18.7 Å². The number of carbonyl (C=O) groups is 2. The molecule has 7 heteroatoms. The topological polar surface area (TPSA) is 69.9 Å². The maximum absolute atomic E-state index is 13.0. The molecule has 1 aliphatic carbocycles. The van der Waals surface area contributed by atoms with E-state index in [1.165, 1.54) is 12.8 Å². The molecule has 3 fully saturated rings. The highest BCUT2D eigenvalue weighted by Crippen LogP contribution is 2.35. The number of likely N-dealkylation sites (tertiary alicyclic amines) is 1. The Morgan fingerprint density at radius 1 is 1.29 bits per heavy atom. The van der Waals surface area contributed by atoms with Gasteiger partial charge in [0.2, 0.25) is 5.91 Å². The Bertz CT molecular complexity index is 742. The average Bonchev–Trinajstić information content (AvgIpc) is 3.38. The van der Waals surface area contributed by atoms with Crippen molar-refractivity contribution in [3.8, 4) is 0 Å². The second-order valence-corrected chi connectivity index (χ2v) is 9.17. The van der Waals surface area contributed by atoms with Crippen molar-refractivity contribution < 1.29 is 14.1 Å². The Kier molecular flexibility index (Phi) is 5.21. The van der Waals surface area contributed by atoms with Crippen molar-refractivity contribution >= 4 is 11.8 Å². The number of amides is 2. The van der Waals surface area contributed by atoms with Gasteiger partial charge >= 0.3 is 0 Å². The minimum absolute atomic E-state index is 0.0615. The molecule has 1 spiro atoms. The summed E-state index contributed by atoms with van der Waals surface area (Å²) in [7, 11) is 2.13. The highest BCUT2D eigenvalue weighted by Gasteiger charge is 2.44. The van der Waals surface area contributed by atoms with Crippen LogP contribution in [0, 0.1) is 5.92 Å².